The minimum atomic E-state index is -0.843. The lowest BCUT2D eigenvalue weighted by Crippen LogP contribution is -2.45. The molecular formula is C22H28N2O4. The second-order valence-electron chi connectivity index (χ2n) is 8.60. The molecule has 2 bridgehead atoms. The van der Waals surface area contributed by atoms with Crippen LogP contribution < -0.4 is 10.6 Å². The molecule has 2 saturated carbocycles. The average molecular weight is 384 g/mol. The highest BCUT2D eigenvalue weighted by Crippen LogP contribution is 2.49. The van der Waals surface area contributed by atoms with Crippen LogP contribution in [0.15, 0.2) is 18.2 Å². The lowest BCUT2D eigenvalue weighted by molar-refractivity contribution is -0.130. The second kappa shape index (κ2) is 7.57. The van der Waals surface area contributed by atoms with Crippen molar-refractivity contribution >= 4 is 23.5 Å². The molecule has 3 aliphatic rings. The van der Waals surface area contributed by atoms with Gasteiger partial charge in [0.2, 0.25) is 5.91 Å². The molecule has 0 spiro atoms. The van der Waals surface area contributed by atoms with Gasteiger partial charge in [-0.15, -0.1) is 0 Å². The van der Waals surface area contributed by atoms with E-state index in [-0.39, 0.29) is 17.9 Å². The highest BCUT2D eigenvalue weighted by molar-refractivity contribution is 5.96. The zero-order chi connectivity index (χ0) is 19.8. The molecule has 0 aromatic heterocycles. The Kier molecular flexibility index (Phi) is 5.13. The van der Waals surface area contributed by atoms with Crippen molar-refractivity contribution in [2.75, 3.05) is 5.32 Å². The molecule has 28 heavy (non-hydrogen) atoms. The number of ether oxygens (including phenoxy) is 1. The summed E-state index contributed by atoms with van der Waals surface area (Å²) in [5.41, 5.74) is 2.05. The average Bonchev–Trinajstić information content (AvgIpc) is 3.31. The molecule has 1 aromatic rings. The van der Waals surface area contributed by atoms with Gasteiger partial charge in [-0.1, -0.05) is 6.42 Å². The van der Waals surface area contributed by atoms with Crippen LogP contribution in [0.2, 0.25) is 0 Å². The number of hydrogen-bond acceptors (Lipinski definition) is 4. The van der Waals surface area contributed by atoms with E-state index in [1.165, 1.54) is 25.7 Å². The quantitative estimate of drug-likeness (QED) is 0.764. The summed E-state index contributed by atoms with van der Waals surface area (Å²) >= 11 is 0. The molecule has 2 fully saturated rings. The Morgan fingerprint density at radius 1 is 1.18 bits per heavy atom. The van der Waals surface area contributed by atoms with Crippen molar-refractivity contribution in [1.29, 1.82) is 0 Å². The summed E-state index contributed by atoms with van der Waals surface area (Å²) in [7, 11) is 0. The van der Waals surface area contributed by atoms with Crippen LogP contribution in [0.1, 0.15) is 61.9 Å². The number of carbonyl (C=O) groups excluding carboxylic acids is 3. The fourth-order valence-electron chi connectivity index (χ4n) is 5.15. The lowest BCUT2D eigenvalue weighted by atomic mass is 9.84. The van der Waals surface area contributed by atoms with E-state index in [1.54, 1.807) is 25.1 Å². The third-order valence-corrected chi connectivity index (χ3v) is 6.69. The fourth-order valence-corrected chi connectivity index (χ4v) is 5.15. The van der Waals surface area contributed by atoms with Crippen LogP contribution in [-0.2, 0) is 20.7 Å². The molecule has 4 rings (SSSR count). The van der Waals surface area contributed by atoms with E-state index in [4.69, 9.17) is 4.74 Å². The Morgan fingerprint density at radius 3 is 2.71 bits per heavy atom. The molecule has 1 aromatic carbocycles. The maximum Gasteiger partial charge on any atom is 0.338 e. The number of hydrogen-bond donors (Lipinski definition) is 2. The number of aryl methyl sites for hydroxylation is 1. The first-order valence-electron chi connectivity index (χ1n) is 10.3. The number of carbonyl (C=O) groups is 3. The number of amides is 2. The van der Waals surface area contributed by atoms with Gasteiger partial charge >= 0.3 is 5.97 Å². The minimum Gasteiger partial charge on any atom is -0.449 e. The first kappa shape index (κ1) is 19.0. The number of nitrogens with one attached hydrogen (secondary N) is 2. The third kappa shape index (κ3) is 3.77. The van der Waals surface area contributed by atoms with Crippen LogP contribution in [0.25, 0.3) is 0 Å². The van der Waals surface area contributed by atoms with Gasteiger partial charge in [-0.25, -0.2) is 4.79 Å². The van der Waals surface area contributed by atoms with Crippen LogP contribution in [0.4, 0.5) is 5.69 Å². The fraction of sp³-hybridized carbons (Fsp3) is 0.591. The highest BCUT2D eigenvalue weighted by atomic mass is 16.5. The normalized spacial score (nSPS) is 27.5. The zero-order valence-electron chi connectivity index (χ0n) is 16.5. The first-order chi connectivity index (χ1) is 13.4. The number of fused-ring (bicyclic) bond motifs is 3. The molecule has 0 unspecified atom stereocenters. The third-order valence-electron chi connectivity index (χ3n) is 6.69. The monoisotopic (exact) mass is 384 g/mol. The van der Waals surface area contributed by atoms with Gasteiger partial charge in [0, 0.05) is 18.2 Å². The zero-order valence-corrected chi connectivity index (χ0v) is 16.5. The van der Waals surface area contributed by atoms with Gasteiger partial charge in [0.15, 0.2) is 6.10 Å². The van der Waals surface area contributed by atoms with Gasteiger partial charge in [0.25, 0.3) is 5.91 Å². The smallest absolute Gasteiger partial charge is 0.338 e. The molecule has 6 nitrogen and oxygen atoms in total. The number of anilines is 1. The molecule has 2 N–H and O–H groups in total. The van der Waals surface area contributed by atoms with E-state index >= 15 is 0 Å². The number of esters is 1. The van der Waals surface area contributed by atoms with Gasteiger partial charge in [0.1, 0.15) is 0 Å². The van der Waals surface area contributed by atoms with Gasteiger partial charge in [0.05, 0.1) is 5.56 Å². The maximum atomic E-state index is 12.5. The van der Waals surface area contributed by atoms with Gasteiger partial charge in [-0.3, -0.25) is 9.59 Å². The predicted molar refractivity (Wildman–Crippen MR) is 105 cm³/mol. The number of benzene rings is 1. The van der Waals surface area contributed by atoms with E-state index < -0.39 is 12.1 Å². The molecule has 0 radical (unpaired) electrons. The summed E-state index contributed by atoms with van der Waals surface area (Å²) in [6.45, 7) is 3.68. The van der Waals surface area contributed by atoms with Crippen molar-refractivity contribution < 1.29 is 19.1 Å². The van der Waals surface area contributed by atoms with Crippen LogP contribution in [0.5, 0.6) is 0 Å². The van der Waals surface area contributed by atoms with Crippen LogP contribution in [0.3, 0.4) is 0 Å². The van der Waals surface area contributed by atoms with Crippen molar-refractivity contribution in [2.24, 2.45) is 17.8 Å². The van der Waals surface area contributed by atoms with Gasteiger partial charge < -0.3 is 15.4 Å². The van der Waals surface area contributed by atoms with E-state index in [0.29, 0.717) is 24.3 Å². The van der Waals surface area contributed by atoms with Crippen LogP contribution >= 0.6 is 0 Å². The summed E-state index contributed by atoms with van der Waals surface area (Å²) in [4.78, 5) is 36.4. The van der Waals surface area contributed by atoms with Crippen LogP contribution in [0, 0.1) is 17.8 Å². The Balaban J connectivity index is 1.32. The molecular weight excluding hydrogens is 356 g/mol. The molecule has 1 aliphatic heterocycles. The Morgan fingerprint density at radius 2 is 2.00 bits per heavy atom. The molecule has 150 valence electrons. The second-order valence-corrected chi connectivity index (χ2v) is 8.60. The van der Waals surface area contributed by atoms with Crippen molar-refractivity contribution in [3.05, 3.63) is 29.3 Å². The minimum absolute atomic E-state index is 0.0160. The number of rotatable bonds is 5. The molecule has 2 amide bonds. The standard InChI is InChI=1S/C22H28N2O4/c1-12(18-10-14-3-4-15(18)9-14)23-21(26)13(2)28-22(27)17-5-7-19-16(11-17)6-8-20(25)24-19/h5,7,11-15,18H,3-4,6,8-10H2,1-2H3,(H,23,26)(H,24,25)/t12-,13+,14+,15+,18-/m1/s1. The molecule has 5 atom stereocenters. The van der Waals surface area contributed by atoms with E-state index in [0.717, 1.165) is 23.1 Å². The largest absolute Gasteiger partial charge is 0.449 e. The SMILES string of the molecule is C[C@H](OC(=O)c1ccc2c(c1)CCC(=O)N2)C(=O)N[C@H](C)[C@H]1C[C@H]2CC[C@H]1C2. The van der Waals surface area contributed by atoms with Crippen molar-refractivity contribution in [1.82, 2.24) is 5.32 Å². The highest BCUT2D eigenvalue weighted by Gasteiger charge is 2.42. The Bertz CT molecular complexity index is 806. The Labute approximate surface area is 165 Å². The Hall–Kier alpha value is -2.37. The molecule has 2 aliphatic carbocycles. The van der Waals surface area contributed by atoms with E-state index in [1.807, 2.05) is 0 Å². The van der Waals surface area contributed by atoms with Crippen molar-refractivity contribution in [2.45, 2.75) is 64.5 Å². The van der Waals surface area contributed by atoms with E-state index in [2.05, 4.69) is 17.6 Å². The van der Waals surface area contributed by atoms with E-state index in [9.17, 15) is 14.4 Å². The first-order valence-corrected chi connectivity index (χ1v) is 10.3. The lowest BCUT2D eigenvalue weighted by Gasteiger charge is -2.29. The van der Waals surface area contributed by atoms with Crippen LogP contribution in [-0.4, -0.2) is 29.9 Å². The van der Waals surface area contributed by atoms with Gasteiger partial charge in [-0.05, 0) is 81.0 Å². The molecule has 0 saturated heterocycles. The summed E-state index contributed by atoms with van der Waals surface area (Å²) < 4.78 is 5.40. The topological polar surface area (TPSA) is 84.5 Å². The predicted octanol–water partition coefficient (Wildman–Crippen LogP) is 3.06. The molecule has 6 heteroatoms. The van der Waals surface area contributed by atoms with Crippen molar-refractivity contribution in [3.63, 3.8) is 0 Å². The summed E-state index contributed by atoms with van der Waals surface area (Å²) in [5.74, 6) is 1.33. The van der Waals surface area contributed by atoms with Crippen molar-refractivity contribution in [3.8, 4) is 0 Å². The summed E-state index contributed by atoms with van der Waals surface area (Å²) in [5, 5.41) is 5.84. The molecule has 1 heterocycles. The summed E-state index contributed by atoms with van der Waals surface area (Å²) in [6.07, 6.45) is 5.27. The summed E-state index contributed by atoms with van der Waals surface area (Å²) in [6, 6.07) is 5.18. The van der Waals surface area contributed by atoms with Gasteiger partial charge in [-0.2, -0.15) is 0 Å². The maximum absolute atomic E-state index is 12.5.